The summed E-state index contributed by atoms with van der Waals surface area (Å²) in [5.41, 5.74) is 4.31. The molecule has 5 heterocycles. The smallest absolute Gasteiger partial charge is 0.256 e. The molecule has 0 bridgehead atoms. The number of aromatic nitrogens is 4. The number of carbonyl (C=O) groups excluding carboxylic acids is 1. The summed E-state index contributed by atoms with van der Waals surface area (Å²) in [5, 5.41) is 15.1. The van der Waals surface area contributed by atoms with Crippen LogP contribution in [0, 0.1) is 0 Å². The molecule has 2 aliphatic rings. The first kappa shape index (κ1) is 26.7. The normalized spacial score (nSPS) is 19.3. The largest absolute Gasteiger partial charge is 0.478 e. The molecule has 3 aromatic heterocycles. The Morgan fingerprint density at radius 1 is 1.23 bits per heavy atom. The number of aliphatic imine (C=N–C) groups is 1. The number of H-pyrrole nitrogens is 1. The highest BCUT2D eigenvalue weighted by Crippen LogP contribution is 2.31. The molecule has 1 saturated heterocycles. The monoisotopic (exact) mass is 536 g/mol. The number of allylic oxidation sites excluding steroid dienone is 1. The van der Waals surface area contributed by atoms with Crippen LogP contribution in [0.3, 0.4) is 0 Å². The first-order valence-corrected chi connectivity index (χ1v) is 12.9. The van der Waals surface area contributed by atoms with Gasteiger partial charge in [-0.15, -0.1) is 5.10 Å². The molecule has 2 aliphatic heterocycles. The third-order valence-electron chi connectivity index (χ3n) is 7.09. The third-order valence-corrected chi connectivity index (χ3v) is 7.09. The fraction of sp³-hybridized carbons (Fsp3) is 0.462. The van der Waals surface area contributed by atoms with Crippen molar-refractivity contribution in [3.8, 4) is 5.88 Å². The van der Waals surface area contributed by atoms with Crippen molar-refractivity contribution in [2.75, 3.05) is 64.7 Å². The lowest BCUT2D eigenvalue weighted by molar-refractivity contribution is -0.124. The Labute approximate surface area is 227 Å². The molecule has 3 aromatic rings. The highest BCUT2D eigenvalue weighted by molar-refractivity contribution is 6.05. The Bertz CT molecular complexity index is 1390. The minimum atomic E-state index is -0.425. The van der Waals surface area contributed by atoms with E-state index in [0.29, 0.717) is 18.3 Å². The molecule has 1 amide bonds. The number of methoxy groups -OCH3 is 2. The molecular formula is C26H36N10O3. The van der Waals surface area contributed by atoms with Crippen molar-refractivity contribution >= 4 is 40.2 Å². The summed E-state index contributed by atoms with van der Waals surface area (Å²) in [6.45, 7) is 5.75. The highest BCUT2D eigenvalue weighted by Gasteiger charge is 2.29. The van der Waals surface area contributed by atoms with Crippen molar-refractivity contribution in [2.45, 2.75) is 19.3 Å². The Morgan fingerprint density at radius 3 is 2.77 bits per heavy atom. The summed E-state index contributed by atoms with van der Waals surface area (Å²) in [6, 6.07) is 1.54. The van der Waals surface area contributed by atoms with Gasteiger partial charge in [-0.2, -0.15) is 0 Å². The number of ether oxygens (including phenoxy) is 2. The van der Waals surface area contributed by atoms with Gasteiger partial charge in [-0.25, -0.2) is 9.98 Å². The minimum absolute atomic E-state index is 0.134. The zero-order valence-corrected chi connectivity index (χ0v) is 23.0. The van der Waals surface area contributed by atoms with E-state index >= 15 is 0 Å². The quantitative estimate of drug-likeness (QED) is 0.319. The number of hydrogen-bond acceptors (Lipinski definition) is 10. The van der Waals surface area contributed by atoms with E-state index in [1.165, 1.54) is 0 Å². The second-order valence-corrected chi connectivity index (χ2v) is 9.84. The van der Waals surface area contributed by atoms with Gasteiger partial charge in [0.15, 0.2) is 12.1 Å². The van der Waals surface area contributed by atoms with Crippen LogP contribution in [-0.4, -0.2) is 108 Å². The number of carbonyl (C=O) groups is 1. The average molecular weight is 537 g/mol. The first-order chi connectivity index (χ1) is 18.9. The molecule has 2 atom stereocenters. The molecule has 4 N–H and O–H groups in total. The van der Waals surface area contributed by atoms with Crippen LogP contribution in [0.1, 0.15) is 12.5 Å². The number of anilines is 2. The molecular weight excluding hydrogens is 500 g/mol. The second-order valence-electron chi connectivity index (χ2n) is 9.84. The molecule has 0 aromatic carbocycles. The van der Waals surface area contributed by atoms with E-state index in [0.717, 1.165) is 59.6 Å². The topological polar surface area (TPSA) is 137 Å². The number of hydrogen-bond donors (Lipinski definition) is 4. The van der Waals surface area contributed by atoms with E-state index in [4.69, 9.17) is 9.47 Å². The van der Waals surface area contributed by atoms with E-state index in [2.05, 4.69) is 52.9 Å². The van der Waals surface area contributed by atoms with Gasteiger partial charge in [-0.3, -0.25) is 14.4 Å². The number of piperazine rings is 1. The summed E-state index contributed by atoms with van der Waals surface area (Å²) >= 11 is 0. The SMILES string of the molecule is COCC(C(=O)Nc1nccc2c(C3=C(C)C=NC(Nc4cn(C)nc4OC)N3)c[nH]c12)N1CCN(C)CC1. The zero-order valence-electron chi connectivity index (χ0n) is 23.0. The van der Waals surface area contributed by atoms with Crippen molar-refractivity contribution in [2.24, 2.45) is 12.0 Å². The standard InChI is InChI=1S/C26H36N10O3/c1-16-12-29-26(30-19-14-35(3)33-25(19)39-5)31-21(16)18-13-28-22-17(18)6-7-27-23(22)32-24(37)20(15-38-4)36-10-8-34(2)9-11-36/h6-7,12-14,20,26,28,30-31H,8-11,15H2,1-5H3,(H,27,32,37). The number of rotatable bonds is 9. The molecule has 39 heavy (non-hydrogen) atoms. The van der Waals surface area contributed by atoms with Crippen molar-refractivity contribution in [3.63, 3.8) is 0 Å². The van der Waals surface area contributed by atoms with Gasteiger partial charge in [0.25, 0.3) is 5.88 Å². The molecule has 0 spiro atoms. The maximum atomic E-state index is 13.4. The van der Waals surface area contributed by atoms with Gasteiger partial charge >= 0.3 is 0 Å². The van der Waals surface area contributed by atoms with Crippen LogP contribution in [0.25, 0.3) is 16.6 Å². The summed E-state index contributed by atoms with van der Waals surface area (Å²) in [6.07, 6.45) is 6.87. The fourth-order valence-electron chi connectivity index (χ4n) is 4.96. The first-order valence-electron chi connectivity index (χ1n) is 12.9. The number of pyridine rings is 1. The van der Waals surface area contributed by atoms with E-state index < -0.39 is 12.3 Å². The molecule has 13 heteroatoms. The van der Waals surface area contributed by atoms with Crippen LogP contribution < -0.4 is 20.7 Å². The molecule has 1 fully saturated rings. The van der Waals surface area contributed by atoms with Gasteiger partial charge in [0.05, 0.1) is 31.1 Å². The van der Waals surface area contributed by atoms with Gasteiger partial charge in [0.2, 0.25) is 5.91 Å². The third kappa shape index (κ3) is 5.60. The van der Waals surface area contributed by atoms with E-state index in [-0.39, 0.29) is 5.91 Å². The number of fused-ring (bicyclic) bond motifs is 1. The fourth-order valence-corrected chi connectivity index (χ4v) is 4.96. The lowest BCUT2D eigenvalue weighted by Gasteiger charge is -2.36. The maximum absolute atomic E-state index is 13.4. The number of nitrogens with one attached hydrogen (secondary N) is 4. The van der Waals surface area contributed by atoms with Crippen LogP contribution in [0.2, 0.25) is 0 Å². The Morgan fingerprint density at radius 2 is 2.03 bits per heavy atom. The lowest BCUT2D eigenvalue weighted by Crippen LogP contribution is -2.54. The van der Waals surface area contributed by atoms with Crippen molar-refractivity contribution in [1.29, 1.82) is 0 Å². The van der Waals surface area contributed by atoms with Gasteiger partial charge < -0.3 is 35.3 Å². The molecule has 208 valence electrons. The second kappa shape index (κ2) is 11.4. The van der Waals surface area contributed by atoms with E-state index in [9.17, 15) is 4.79 Å². The van der Waals surface area contributed by atoms with Crippen molar-refractivity contribution in [1.82, 2.24) is 34.9 Å². The van der Waals surface area contributed by atoms with Gasteiger partial charge in [-0.05, 0) is 25.6 Å². The van der Waals surface area contributed by atoms with Crippen LogP contribution in [0.4, 0.5) is 11.5 Å². The van der Waals surface area contributed by atoms with Gasteiger partial charge in [0, 0.05) is 69.9 Å². The van der Waals surface area contributed by atoms with E-state index in [1.807, 2.05) is 38.6 Å². The summed E-state index contributed by atoms with van der Waals surface area (Å²) in [4.78, 5) is 30.2. The molecule has 2 unspecified atom stereocenters. The van der Waals surface area contributed by atoms with Gasteiger partial charge in [0.1, 0.15) is 11.7 Å². The highest BCUT2D eigenvalue weighted by atomic mass is 16.5. The molecule has 0 radical (unpaired) electrons. The maximum Gasteiger partial charge on any atom is 0.256 e. The van der Waals surface area contributed by atoms with Crippen molar-refractivity contribution < 1.29 is 14.3 Å². The van der Waals surface area contributed by atoms with Crippen LogP contribution >= 0.6 is 0 Å². The number of aromatic amines is 1. The molecule has 5 rings (SSSR count). The predicted octanol–water partition coefficient (Wildman–Crippen LogP) is 1.31. The van der Waals surface area contributed by atoms with Crippen LogP contribution in [0.5, 0.6) is 5.88 Å². The number of nitrogens with zero attached hydrogens (tertiary/aromatic N) is 6. The van der Waals surface area contributed by atoms with Crippen LogP contribution in [0.15, 0.2) is 35.2 Å². The Balaban J connectivity index is 1.36. The van der Waals surface area contributed by atoms with Crippen LogP contribution in [-0.2, 0) is 16.6 Å². The van der Waals surface area contributed by atoms with Crippen molar-refractivity contribution in [3.05, 3.63) is 35.8 Å². The van der Waals surface area contributed by atoms with Gasteiger partial charge in [-0.1, -0.05) is 0 Å². The predicted molar refractivity (Wildman–Crippen MR) is 151 cm³/mol. The zero-order chi connectivity index (χ0) is 27.5. The number of likely N-dealkylation sites (N-methyl/N-ethyl adjacent to an activating group) is 1. The molecule has 0 aliphatic carbocycles. The molecule has 13 nitrogen and oxygen atoms in total. The number of amides is 1. The Kier molecular flexibility index (Phi) is 7.82. The summed E-state index contributed by atoms with van der Waals surface area (Å²) in [5.74, 6) is 0.839. The lowest BCUT2D eigenvalue weighted by atomic mass is 10.1. The number of aryl methyl sites for hydroxylation is 1. The molecule has 0 saturated carbocycles. The van der Waals surface area contributed by atoms with E-state index in [1.54, 1.807) is 25.1 Å². The summed E-state index contributed by atoms with van der Waals surface area (Å²) in [7, 11) is 7.13. The Hall–Kier alpha value is -3.94. The average Bonchev–Trinajstić information content (AvgIpc) is 3.52. The summed E-state index contributed by atoms with van der Waals surface area (Å²) < 4.78 is 12.4. The minimum Gasteiger partial charge on any atom is -0.478 e.